The molecule has 1 saturated heterocycles. The first-order valence-electron chi connectivity index (χ1n) is 3.62. The van der Waals surface area contributed by atoms with Crippen molar-refractivity contribution in [1.82, 2.24) is 0 Å². The first-order valence-corrected chi connectivity index (χ1v) is 3.62. The van der Waals surface area contributed by atoms with Crippen molar-refractivity contribution in [2.75, 3.05) is 13.2 Å². The molecule has 2 N–H and O–H groups in total. The molecule has 9 heavy (non-hydrogen) atoms. The Hall–Kier alpha value is -0.0800. The van der Waals surface area contributed by atoms with Crippen LogP contribution in [-0.2, 0) is 4.74 Å². The highest BCUT2D eigenvalue weighted by Gasteiger charge is 2.16. The van der Waals surface area contributed by atoms with Crippen LogP contribution in [0.5, 0.6) is 0 Å². The molecule has 1 heterocycles. The fourth-order valence-corrected chi connectivity index (χ4v) is 1.30. The van der Waals surface area contributed by atoms with Crippen molar-refractivity contribution in [3.05, 3.63) is 0 Å². The molecule has 0 aromatic rings. The zero-order chi connectivity index (χ0) is 6.69. The van der Waals surface area contributed by atoms with E-state index < -0.39 is 0 Å². The van der Waals surface area contributed by atoms with E-state index in [1.54, 1.807) is 0 Å². The Morgan fingerprint density at radius 2 is 2.56 bits per heavy atom. The van der Waals surface area contributed by atoms with Crippen LogP contribution in [-0.4, -0.2) is 19.3 Å². The molecular formula is C7H15NO. The Kier molecular flexibility index (Phi) is 2.49. The summed E-state index contributed by atoms with van der Waals surface area (Å²) >= 11 is 0. The lowest BCUT2D eigenvalue weighted by Crippen LogP contribution is -2.19. The molecule has 0 spiro atoms. The van der Waals surface area contributed by atoms with Crippen LogP contribution in [0.1, 0.15) is 19.8 Å². The molecule has 1 aliphatic heterocycles. The second-order valence-electron chi connectivity index (χ2n) is 2.94. The molecular weight excluding hydrogens is 114 g/mol. The number of nitrogens with two attached hydrogens (primary N) is 1. The zero-order valence-corrected chi connectivity index (χ0v) is 5.97. The van der Waals surface area contributed by atoms with Gasteiger partial charge in [-0.3, -0.25) is 0 Å². The van der Waals surface area contributed by atoms with Crippen LogP contribution in [0.2, 0.25) is 0 Å². The predicted octanol–water partition coefficient (Wildman–Crippen LogP) is 0.760. The number of hydrogen-bond acceptors (Lipinski definition) is 2. The quantitative estimate of drug-likeness (QED) is 0.597. The minimum atomic E-state index is 0.344. The first kappa shape index (κ1) is 7.03. The Morgan fingerprint density at radius 3 is 3.00 bits per heavy atom. The van der Waals surface area contributed by atoms with E-state index in [0.29, 0.717) is 6.04 Å². The summed E-state index contributed by atoms with van der Waals surface area (Å²) in [6, 6.07) is 0.344. The summed E-state index contributed by atoms with van der Waals surface area (Å²) in [7, 11) is 0. The van der Waals surface area contributed by atoms with E-state index in [-0.39, 0.29) is 0 Å². The van der Waals surface area contributed by atoms with Crippen LogP contribution >= 0.6 is 0 Å². The number of ether oxygens (including phenoxy) is 1. The maximum atomic E-state index is 5.62. The van der Waals surface area contributed by atoms with Crippen LogP contribution < -0.4 is 5.73 Å². The second kappa shape index (κ2) is 3.18. The second-order valence-corrected chi connectivity index (χ2v) is 2.94. The highest BCUT2D eigenvalue weighted by atomic mass is 16.5. The van der Waals surface area contributed by atoms with Gasteiger partial charge in [-0.25, -0.2) is 0 Å². The molecule has 0 unspecified atom stereocenters. The van der Waals surface area contributed by atoms with Crippen LogP contribution in [0.25, 0.3) is 0 Å². The summed E-state index contributed by atoms with van der Waals surface area (Å²) in [6.45, 7) is 3.93. The largest absolute Gasteiger partial charge is 0.381 e. The van der Waals surface area contributed by atoms with Gasteiger partial charge in [-0.05, 0) is 25.7 Å². The minimum Gasteiger partial charge on any atom is -0.381 e. The van der Waals surface area contributed by atoms with Gasteiger partial charge in [-0.1, -0.05) is 0 Å². The van der Waals surface area contributed by atoms with Gasteiger partial charge in [-0.2, -0.15) is 0 Å². The summed E-state index contributed by atoms with van der Waals surface area (Å²) in [5, 5.41) is 0. The first-order chi connectivity index (χ1) is 4.29. The highest BCUT2D eigenvalue weighted by Crippen LogP contribution is 2.16. The fraction of sp³-hybridized carbons (Fsp3) is 1.00. The molecule has 1 aliphatic rings. The molecule has 2 nitrogen and oxygen atoms in total. The summed E-state index contributed by atoms with van der Waals surface area (Å²) in [4.78, 5) is 0. The fourth-order valence-electron chi connectivity index (χ4n) is 1.30. The topological polar surface area (TPSA) is 35.2 Å². The van der Waals surface area contributed by atoms with Gasteiger partial charge in [0, 0.05) is 19.3 Å². The lowest BCUT2D eigenvalue weighted by Gasteiger charge is -2.08. The molecule has 2 heteroatoms. The van der Waals surface area contributed by atoms with Crippen molar-refractivity contribution in [3.8, 4) is 0 Å². The van der Waals surface area contributed by atoms with Crippen LogP contribution in [0.4, 0.5) is 0 Å². The highest BCUT2D eigenvalue weighted by molar-refractivity contribution is 4.68. The van der Waals surface area contributed by atoms with Crippen LogP contribution in [0, 0.1) is 5.92 Å². The molecule has 0 radical (unpaired) electrons. The number of hydrogen-bond donors (Lipinski definition) is 1. The average molecular weight is 129 g/mol. The van der Waals surface area contributed by atoms with Crippen molar-refractivity contribution in [2.45, 2.75) is 25.8 Å². The summed E-state index contributed by atoms with van der Waals surface area (Å²) < 4.78 is 5.20. The molecule has 0 saturated carbocycles. The smallest absolute Gasteiger partial charge is 0.0495 e. The van der Waals surface area contributed by atoms with E-state index in [0.717, 1.165) is 25.6 Å². The van der Waals surface area contributed by atoms with Gasteiger partial charge >= 0.3 is 0 Å². The van der Waals surface area contributed by atoms with E-state index in [1.165, 1.54) is 6.42 Å². The van der Waals surface area contributed by atoms with Gasteiger partial charge in [0.05, 0.1) is 0 Å². The van der Waals surface area contributed by atoms with Crippen molar-refractivity contribution in [3.63, 3.8) is 0 Å². The average Bonchev–Trinajstić information content (AvgIpc) is 2.15. The van der Waals surface area contributed by atoms with Gasteiger partial charge in [0.1, 0.15) is 0 Å². The lowest BCUT2D eigenvalue weighted by molar-refractivity contribution is 0.183. The van der Waals surface area contributed by atoms with E-state index in [1.807, 2.05) is 0 Å². The summed E-state index contributed by atoms with van der Waals surface area (Å²) in [6.07, 6.45) is 2.33. The molecule has 0 aromatic heterocycles. The summed E-state index contributed by atoms with van der Waals surface area (Å²) in [5.41, 5.74) is 5.62. The third-order valence-corrected chi connectivity index (χ3v) is 1.73. The van der Waals surface area contributed by atoms with Crippen LogP contribution in [0.3, 0.4) is 0 Å². The Bertz CT molecular complexity index is 77.0. The predicted molar refractivity (Wildman–Crippen MR) is 37.2 cm³/mol. The van der Waals surface area contributed by atoms with Crippen molar-refractivity contribution >= 4 is 0 Å². The third kappa shape index (κ3) is 2.33. The molecule has 54 valence electrons. The SMILES string of the molecule is C[C@@H](N)C[C@@H]1CCOC1. The molecule has 0 amide bonds. The van der Waals surface area contributed by atoms with Crippen molar-refractivity contribution in [2.24, 2.45) is 11.7 Å². The standard InChI is InChI=1S/C7H15NO/c1-6(8)4-7-2-3-9-5-7/h6-7H,2-5,8H2,1H3/t6-,7+/m1/s1. The van der Waals surface area contributed by atoms with Gasteiger partial charge < -0.3 is 10.5 Å². The van der Waals surface area contributed by atoms with Crippen LogP contribution in [0.15, 0.2) is 0 Å². The van der Waals surface area contributed by atoms with E-state index in [4.69, 9.17) is 10.5 Å². The summed E-state index contributed by atoms with van der Waals surface area (Å²) in [5.74, 6) is 0.741. The van der Waals surface area contributed by atoms with Crippen molar-refractivity contribution < 1.29 is 4.74 Å². The Labute approximate surface area is 56.4 Å². The molecule has 1 fully saturated rings. The monoisotopic (exact) mass is 129 g/mol. The Balaban J connectivity index is 2.11. The molecule has 2 atom stereocenters. The molecule has 0 aliphatic carbocycles. The normalized spacial score (nSPS) is 30.7. The number of rotatable bonds is 2. The minimum absolute atomic E-state index is 0.344. The van der Waals surface area contributed by atoms with E-state index in [2.05, 4.69) is 6.92 Å². The van der Waals surface area contributed by atoms with Gasteiger partial charge in [-0.15, -0.1) is 0 Å². The maximum absolute atomic E-state index is 5.62. The maximum Gasteiger partial charge on any atom is 0.0495 e. The molecule has 0 bridgehead atoms. The van der Waals surface area contributed by atoms with Gasteiger partial charge in [0.2, 0.25) is 0 Å². The molecule has 1 rings (SSSR count). The van der Waals surface area contributed by atoms with E-state index >= 15 is 0 Å². The lowest BCUT2D eigenvalue weighted by atomic mass is 10.0. The van der Waals surface area contributed by atoms with Gasteiger partial charge in [0.15, 0.2) is 0 Å². The Morgan fingerprint density at radius 1 is 1.78 bits per heavy atom. The van der Waals surface area contributed by atoms with Crippen molar-refractivity contribution in [1.29, 1.82) is 0 Å². The van der Waals surface area contributed by atoms with Gasteiger partial charge in [0.25, 0.3) is 0 Å². The zero-order valence-electron chi connectivity index (χ0n) is 5.97. The van der Waals surface area contributed by atoms with E-state index in [9.17, 15) is 0 Å². The third-order valence-electron chi connectivity index (χ3n) is 1.73. The molecule has 0 aromatic carbocycles.